The summed E-state index contributed by atoms with van der Waals surface area (Å²) in [6.07, 6.45) is 4.08. The molecule has 3 aromatic carbocycles. The zero-order chi connectivity index (χ0) is 56.9. The molecule has 0 saturated heterocycles. The second-order valence-corrected chi connectivity index (χ2v) is 27.3. The van der Waals surface area contributed by atoms with Gasteiger partial charge in [0.15, 0.2) is 0 Å². The van der Waals surface area contributed by atoms with Crippen molar-refractivity contribution in [2.24, 2.45) is 9.54 Å². The van der Waals surface area contributed by atoms with Crippen molar-refractivity contribution in [1.29, 1.82) is 0 Å². The summed E-state index contributed by atoms with van der Waals surface area (Å²) < 4.78 is 40.7. The van der Waals surface area contributed by atoms with Crippen molar-refractivity contribution in [2.75, 3.05) is 0 Å². The zero-order valence-corrected chi connectivity index (χ0v) is 57.2. The van der Waals surface area contributed by atoms with E-state index in [1.165, 1.54) is 0 Å². The van der Waals surface area contributed by atoms with E-state index in [9.17, 15) is 17.4 Å². The minimum atomic E-state index is -1.18. The molecule has 0 unspecified atom stereocenters. The van der Waals surface area contributed by atoms with Gasteiger partial charge in [-0.3, -0.25) is 5.14 Å². The second kappa shape index (κ2) is 51.0. The molecule has 74 heavy (non-hydrogen) atoms. The second-order valence-electron chi connectivity index (χ2n) is 20.4. The summed E-state index contributed by atoms with van der Waals surface area (Å²) in [6, 6.07) is 23.5. The molecule has 0 bridgehead atoms. The fraction of sp³-hybridized carbons (Fsp3) is 0.630. The largest absolute Gasteiger partial charge is 1.00 e. The smallest absolute Gasteiger partial charge is 1.00 e. The van der Waals surface area contributed by atoms with Gasteiger partial charge in [-0.15, -0.1) is 0 Å². The molecule has 0 heterocycles. The molecule has 11 nitrogen and oxygen atoms in total. The molecule has 7 N–H and O–H groups in total. The molecule has 0 spiro atoms. The molecule has 423 valence electrons. The normalized spacial score (nSPS) is 12.4. The molecule has 0 aliphatic heterocycles. The van der Waals surface area contributed by atoms with Crippen molar-refractivity contribution in [3.05, 3.63) is 105 Å². The van der Waals surface area contributed by atoms with Crippen LogP contribution in [0.2, 0.25) is 15.1 Å². The summed E-state index contributed by atoms with van der Waals surface area (Å²) in [4.78, 5) is 10.7. The van der Waals surface area contributed by atoms with E-state index >= 15 is 0 Å². The maximum absolute atomic E-state index is 11.9. The first-order valence-electron chi connectivity index (χ1n) is 23.9. The number of carbonyl (C=O) groups is 1. The number of nitrogens with one attached hydrogen (secondary N) is 1. The molecular weight excluding hydrogens is 1100 g/mol. The van der Waals surface area contributed by atoms with Crippen LogP contribution in [0.4, 0.5) is 0 Å². The standard InChI is InChI=1S/C14H22ClNOS.C14H20ClNOS.C10H11ClO.C4H11NOS.4C3H8O.B.Na.Ti.H/c2*1-11(16-18(17)14(2,3)4)9-10-12-7-5-6-8-13(12)15;1-8(12)6-7-9-4-2-3-5-10(9)11;1-4(2,3)7(5)6;4*1-3(2)4;;;;/h5-8,11,16H,9-10H2,1-4H3;5-8H,9-10H2,1-4H3;2-5H,6-7H2,1H3;5H2,1-3H3;4*3-4H,1-2H3;;;;/q;;;;;;;;;+1;;-1/t11-,18-;18-;;7-;;;;;;;;/m00.0......../s1. The first kappa shape index (κ1) is 90.4. The van der Waals surface area contributed by atoms with Crippen LogP contribution in [0.15, 0.2) is 77.2 Å². The number of aliphatic hydroxyl groups excluding tert-OH is 4. The molecule has 0 aliphatic carbocycles. The van der Waals surface area contributed by atoms with Gasteiger partial charge in [0.2, 0.25) is 0 Å². The van der Waals surface area contributed by atoms with Gasteiger partial charge in [-0.1, -0.05) is 89.4 Å². The van der Waals surface area contributed by atoms with E-state index < -0.39 is 33.0 Å². The Morgan fingerprint density at radius 1 is 0.581 bits per heavy atom. The van der Waals surface area contributed by atoms with Gasteiger partial charge < -0.3 is 26.6 Å². The van der Waals surface area contributed by atoms with Gasteiger partial charge in [0.1, 0.15) is 16.8 Å². The number of carbonyl (C=O) groups excluding carboxylic acids is 1. The fourth-order valence-corrected chi connectivity index (χ4v) is 6.02. The van der Waals surface area contributed by atoms with E-state index in [-0.39, 0.29) is 112 Å². The summed E-state index contributed by atoms with van der Waals surface area (Å²) in [5.41, 5.74) is 4.21. The molecule has 0 aromatic heterocycles. The monoisotopic (exact) mass is 1200 g/mol. The van der Waals surface area contributed by atoms with Crippen LogP contribution in [0.25, 0.3) is 0 Å². The Kier molecular flexibility index (Phi) is 62.3. The van der Waals surface area contributed by atoms with E-state index in [1.54, 1.807) is 62.3 Å². The molecule has 3 radical (unpaired) electrons. The predicted octanol–water partition coefficient (Wildman–Crippen LogP) is 9.46. The third-order valence-electron chi connectivity index (χ3n) is 7.45. The number of nitrogens with zero attached hydrogens (tertiary/aromatic N) is 1. The number of ketones is 1. The molecule has 20 heteroatoms. The van der Waals surface area contributed by atoms with Crippen LogP contribution in [0, 0.1) is 0 Å². The summed E-state index contributed by atoms with van der Waals surface area (Å²) in [5, 5.41) is 39.6. The molecule has 0 fully saturated rings. The molecular formula is C54H97BCl3N3NaO8S3Ti. The molecule has 0 aliphatic rings. The number of benzene rings is 3. The van der Waals surface area contributed by atoms with Gasteiger partial charge in [-0.25, -0.2) is 17.3 Å². The summed E-state index contributed by atoms with van der Waals surface area (Å²) in [5.74, 6) is 0.204. The number of halogens is 3. The summed E-state index contributed by atoms with van der Waals surface area (Å²) >= 11 is 18.1. The first-order valence-corrected chi connectivity index (χ1v) is 28.5. The van der Waals surface area contributed by atoms with Crippen molar-refractivity contribution in [2.45, 2.75) is 222 Å². The third kappa shape index (κ3) is 66.1. The zero-order valence-electron chi connectivity index (χ0n) is 49.9. The fourth-order valence-electron chi connectivity index (χ4n) is 3.84. The van der Waals surface area contributed by atoms with E-state index in [0.29, 0.717) is 6.42 Å². The van der Waals surface area contributed by atoms with Crippen LogP contribution in [0.1, 0.15) is 176 Å². The van der Waals surface area contributed by atoms with Gasteiger partial charge in [-0.2, -0.15) is 4.40 Å². The first-order chi connectivity index (χ1) is 32.2. The van der Waals surface area contributed by atoms with Crippen LogP contribution < -0.4 is 39.4 Å². The number of nitrogens with two attached hydrogens (primary N) is 1. The van der Waals surface area contributed by atoms with Crippen LogP contribution in [0.3, 0.4) is 0 Å². The Morgan fingerprint density at radius 2 is 0.851 bits per heavy atom. The average Bonchev–Trinajstić information content (AvgIpc) is 3.19. The maximum Gasteiger partial charge on any atom is 1.00 e. The number of aryl methyl sites for hydroxylation is 3. The summed E-state index contributed by atoms with van der Waals surface area (Å²) in [7, 11) is -3.37. The van der Waals surface area contributed by atoms with Crippen LogP contribution in [0.5, 0.6) is 0 Å². The minimum Gasteiger partial charge on any atom is -1.00 e. The predicted molar refractivity (Wildman–Crippen MR) is 320 cm³/mol. The maximum atomic E-state index is 11.9. The van der Waals surface area contributed by atoms with E-state index in [2.05, 4.69) is 16.0 Å². The number of rotatable bonds is 12. The Morgan fingerprint density at radius 3 is 1.09 bits per heavy atom. The van der Waals surface area contributed by atoms with Crippen LogP contribution >= 0.6 is 34.8 Å². The van der Waals surface area contributed by atoms with Gasteiger partial charge >= 0.3 is 29.6 Å². The molecule has 3 aromatic rings. The molecule has 4 atom stereocenters. The van der Waals surface area contributed by atoms with E-state index in [0.717, 1.165) is 69.6 Å². The molecule has 0 saturated carbocycles. The van der Waals surface area contributed by atoms with E-state index in [4.69, 9.17) is 60.4 Å². The van der Waals surface area contributed by atoms with Crippen molar-refractivity contribution < 1.29 is 90.5 Å². The Labute approximate surface area is 514 Å². The number of hydrogen-bond donors (Lipinski definition) is 6. The summed E-state index contributed by atoms with van der Waals surface area (Å²) in [6.45, 7) is 36.5. The Balaban J connectivity index is -0.000000102. The quantitative estimate of drug-likeness (QED) is 0.0761. The van der Waals surface area contributed by atoms with Crippen molar-refractivity contribution in [3.63, 3.8) is 0 Å². The van der Waals surface area contributed by atoms with Gasteiger partial charge in [0.25, 0.3) is 0 Å². The van der Waals surface area contributed by atoms with Crippen molar-refractivity contribution >= 4 is 87.7 Å². The minimum absolute atomic E-state index is 0. The van der Waals surface area contributed by atoms with Gasteiger partial charge in [0.05, 0.1) is 36.2 Å². The Hall–Kier alpha value is -0.141. The molecule has 3 rings (SSSR count). The number of aliphatic hydroxyl groups is 4. The van der Waals surface area contributed by atoms with Crippen molar-refractivity contribution in [3.8, 4) is 0 Å². The number of Topliss-reactive ketones (excluding diaryl/α,β-unsaturated/α-hetero) is 1. The van der Waals surface area contributed by atoms with Crippen molar-refractivity contribution in [1.82, 2.24) is 4.72 Å². The van der Waals surface area contributed by atoms with E-state index in [1.807, 2.05) is 142 Å². The topological polar surface area (TPSA) is 200 Å². The van der Waals surface area contributed by atoms with Gasteiger partial charge in [-0.05, 0) is 205 Å². The third-order valence-corrected chi connectivity index (χ3v) is 13.0. The van der Waals surface area contributed by atoms with Crippen LogP contribution in [-0.4, -0.2) is 97.7 Å². The average molecular weight is 1200 g/mol. The van der Waals surface area contributed by atoms with Crippen LogP contribution in [-0.2, 0) is 78.7 Å². The van der Waals surface area contributed by atoms with Gasteiger partial charge in [0, 0.05) is 87.8 Å². The Bertz CT molecular complexity index is 1930. The number of hydrogen-bond acceptors (Lipinski definition) is 8. The molecule has 0 amide bonds. The SMILES string of the molecule is CC(=O)CCc1ccccc1Cl.CC(C)(C)[S@@](N)=O.CC(C)O.CC(C)O.CC(C)O.CC(C)O.CC(CCc1ccccc1Cl)=N[S@@](=O)C(C)(C)C.C[C@@H](CCc1ccccc1Cl)N[S@@](=O)C(C)(C)C.[B].[H-].[Na+].[Ti].